The van der Waals surface area contributed by atoms with Crippen LogP contribution in [0.4, 0.5) is 5.69 Å². The summed E-state index contributed by atoms with van der Waals surface area (Å²) in [4.78, 5) is 15.1. The zero-order valence-corrected chi connectivity index (χ0v) is 8.16. The van der Waals surface area contributed by atoms with Gasteiger partial charge < -0.3 is 4.84 Å². The number of oxime groups is 1. The van der Waals surface area contributed by atoms with Crippen LogP contribution in [0.5, 0.6) is 0 Å². The van der Waals surface area contributed by atoms with E-state index in [9.17, 15) is 10.1 Å². The Kier molecular flexibility index (Phi) is 2.52. The molecule has 6 heteroatoms. The van der Waals surface area contributed by atoms with Crippen LogP contribution in [0.25, 0.3) is 0 Å². The monoisotopic (exact) mass is 217 g/mol. The molecule has 0 saturated carbocycles. The lowest BCUT2D eigenvalue weighted by Gasteiger charge is -1.99. The maximum Gasteiger partial charge on any atom is 0.278 e. The number of hydrogen-bond acceptors (Lipinski definition) is 5. The predicted molar refractivity (Wildman–Crippen MR) is 54.7 cm³/mol. The summed E-state index contributed by atoms with van der Waals surface area (Å²) in [5.74, 6) is 0. The highest BCUT2D eigenvalue weighted by Gasteiger charge is 2.26. The lowest BCUT2D eigenvalue weighted by Crippen LogP contribution is -2.07. The molecule has 0 spiro atoms. The lowest BCUT2D eigenvalue weighted by atomic mass is 10.0. The number of nitro groups is 1. The van der Waals surface area contributed by atoms with E-state index in [2.05, 4.69) is 5.16 Å². The van der Waals surface area contributed by atoms with Gasteiger partial charge in [0.15, 0.2) is 0 Å². The first-order valence-corrected chi connectivity index (χ1v) is 4.58. The molecular formula is C10H7N3O3. The molecule has 1 atom stereocenters. The summed E-state index contributed by atoms with van der Waals surface area (Å²) in [7, 11) is 0. The molecule has 1 aromatic carbocycles. The van der Waals surface area contributed by atoms with Crippen molar-refractivity contribution in [1.29, 1.82) is 5.26 Å². The first kappa shape index (κ1) is 10.1. The van der Waals surface area contributed by atoms with Gasteiger partial charge in [-0.05, 0) is 6.07 Å². The Labute approximate surface area is 90.9 Å². The molecule has 1 aromatic rings. The maximum atomic E-state index is 10.8. The fourth-order valence-electron chi connectivity index (χ4n) is 1.48. The van der Waals surface area contributed by atoms with Crippen molar-refractivity contribution >= 4 is 11.4 Å². The van der Waals surface area contributed by atoms with E-state index in [1.165, 1.54) is 6.07 Å². The molecule has 0 fully saturated rings. The summed E-state index contributed by atoms with van der Waals surface area (Å²) in [6, 6.07) is 8.17. The van der Waals surface area contributed by atoms with Crippen LogP contribution in [0.15, 0.2) is 29.4 Å². The molecule has 0 aliphatic carbocycles. The van der Waals surface area contributed by atoms with E-state index in [1.807, 2.05) is 6.07 Å². The van der Waals surface area contributed by atoms with Crippen LogP contribution < -0.4 is 0 Å². The third-order valence-electron chi connectivity index (χ3n) is 2.22. The highest BCUT2D eigenvalue weighted by atomic mass is 16.6. The minimum absolute atomic E-state index is 0.0246. The highest BCUT2D eigenvalue weighted by Crippen LogP contribution is 2.24. The summed E-state index contributed by atoms with van der Waals surface area (Å²) in [5.41, 5.74) is 0.826. The van der Waals surface area contributed by atoms with Gasteiger partial charge in [-0.15, -0.1) is 0 Å². The number of benzene rings is 1. The quantitative estimate of drug-likeness (QED) is 0.556. The fourth-order valence-corrected chi connectivity index (χ4v) is 1.48. The topological polar surface area (TPSA) is 88.5 Å². The Bertz CT molecular complexity index is 504. The third-order valence-corrected chi connectivity index (χ3v) is 2.22. The molecule has 0 aromatic heterocycles. The molecule has 6 nitrogen and oxygen atoms in total. The first-order chi connectivity index (χ1) is 7.72. The Hall–Kier alpha value is -2.42. The molecule has 0 amide bonds. The van der Waals surface area contributed by atoms with Crippen molar-refractivity contribution in [3.8, 4) is 6.07 Å². The van der Waals surface area contributed by atoms with E-state index < -0.39 is 11.0 Å². The standard InChI is InChI=1S/C10H7N3O3/c11-6-7-5-9(12-16-7)8-3-1-2-4-10(8)13(14)15/h1-4,7H,5H2/t7-/m0/s1. The number of nitro benzene ring substituents is 1. The average molecular weight is 217 g/mol. The molecule has 1 aliphatic rings. The van der Waals surface area contributed by atoms with Crippen molar-refractivity contribution in [2.24, 2.45) is 5.16 Å². The van der Waals surface area contributed by atoms with Crippen molar-refractivity contribution in [3.05, 3.63) is 39.9 Å². The molecule has 1 aliphatic heterocycles. The second-order valence-electron chi connectivity index (χ2n) is 3.24. The molecular weight excluding hydrogens is 210 g/mol. The molecule has 0 saturated heterocycles. The van der Waals surface area contributed by atoms with E-state index in [0.717, 1.165) is 0 Å². The summed E-state index contributed by atoms with van der Waals surface area (Å²) in [6.07, 6.45) is -0.365. The van der Waals surface area contributed by atoms with Gasteiger partial charge >= 0.3 is 0 Å². The number of nitriles is 1. The smallest absolute Gasteiger partial charge is 0.278 e. The number of para-hydroxylation sites is 1. The Morgan fingerprint density at radius 3 is 2.94 bits per heavy atom. The maximum absolute atomic E-state index is 10.8. The molecule has 0 radical (unpaired) electrons. The van der Waals surface area contributed by atoms with Crippen LogP contribution in [0.2, 0.25) is 0 Å². The number of nitrogens with zero attached hydrogens (tertiary/aromatic N) is 3. The molecule has 1 heterocycles. The van der Waals surface area contributed by atoms with Crippen LogP contribution >= 0.6 is 0 Å². The average Bonchev–Trinajstić information content (AvgIpc) is 2.77. The van der Waals surface area contributed by atoms with Gasteiger partial charge in [0.2, 0.25) is 6.10 Å². The van der Waals surface area contributed by atoms with Gasteiger partial charge in [0.05, 0.1) is 16.2 Å². The van der Waals surface area contributed by atoms with E-state index in [1.54, 1.807) is 18.2 Å². The van der Waals surface area contributed by atoms with Gasteiger partial charge in [-0.3, -0.25) is 10.1 Å². The molecule has 0 N–H and O–H groups in total. The van der Waals surface area contributed by atoms with Crippen LogP contribution in [0.1, 0.15) is 12.0 Å². The number of hydrogen-bond donors (Lipinski definition) is 0. The van der Waals surface area contributed by atoms with Gasteiger partial charge in [0, 0.05) is 12.5 Å². The molecule has 2 rings (SSSR count). The van der Waals surface area contributed by atoms with Crippen molar-refractivity contribution in [3.63, 3.8) is 0 Å². The van der Waals surface area contributed by atoms with E-state index >= 15 is 0 Å². The lowest BCUT2D eigenvalue weighted by molar-refractivity contribution is -0.385. The zero-order valence-electron chi connectivity index (χ0n) is 8.16. The van der Waals surface area contributed by atoms with Crippen molar-refractivity contribution < 1.29 is 9.76 Å². The molecule has 0 unspecified atom stereocenters. The van der Waals surface area contributed by atoms with E-state index in [0.29, 0.717) is 11.3 Å². The second kappa shape index (κ2) is 3.98. The Morgan fingerprint density at radius 1 is 1.56 bits per heavy atom. The van der Waals surface area contributed by atoms with Crippen LogP contribution in [0.3, 0.4) is 0 Å². The van der Waals surface area contributed by atoms with Crippen molar-refractivity contribution in [2.75, 3.05) is 0 Å². The highest BCUT2D eigenvalue weighted by molar-refractivity contribution is 6.04. The minimum Gasteiger partial charge on any atom is -0.376 e. The third kappa shape index (κ3) is 1.70. The molecule has 80 valence electrons. The summed E-state index contributed by atoms with van der Waals surface area (Å²) < 4.78 is 0. The normalized spacial score (nSPS) is 18.4. The van der Waals surface area contributed by atoms with Crippen LogP contribution in [-0.2, 0) is 4.84 Å². The first-order valence-electron chi connectivity index (χ1n) is 4.58. The van der Waals surface area contributed by atoms with Gasteiger partial charge in [0.1, 0.15) is 6.07 Å². The fraction of sp³-hybridized carbons (Fsp3) is 0.200. The van der Waals surface area contributed by atoms with Gasteiger partial charge in [0.25, 0.3) is 5.69 Å². The number of rotatable bonds is 2. The predicted octanol–water partition coefficient (Wildman–Crippen LogP) is 1.61. The Balaban J connectivity index is 2.36. The summed E-state index contributed by atoms with van der Waals surface area (Å²) in [6.45, 7) is 0. The summed E-state index contributed by atoms with van der Waals surface area (Å²) in [5, 5.41) is 23.1. The van der Waals surface area contributed by atoms with Crippen molar-refractivity contribution in [1.82, 2.24) is 0 Å². The van der Waals surface area contributed by atoms with Gasteiger partial charge in [-0.1, -0.05) is 17.3 Å². The van der Waals surface area contributed by atoms with Crippen molar-refractivity contribution in [2.45, 2.75) is 12.5 Å². The van der Waals surface area contributed by atoms with Gasteiger partial charge in [-0.25, -0.2) is 0 Å². The largest absolute Gasteiger partial charge is 0.376 e. The zero-order chi connectivity index (χ0) is 11.5. The summed E-state index contributed by atoms with van der Waals surface area (Å²) >= 11 is 0. The van der Waals surface area contributed by atoms with Crippen LogP contribution in [0, 0.1) is 21.4 Å². The van der Waals surface area contributed by atoms with Gasteiger partial charge in [-0.2, -0.15) is 5.26 Å². The van der Waals surface area contributed by atoms with Crippen LogP contribution in [-0.4, -0.2) is 16.7 Å². The minimum atomic E-state index is -0.644. The Morgan fingerprint density at radius 2 is 2.31 bits per heavy atom. The SMILES string of the molecule is N#C[C@@H]1CC(c2ccccc2[N+](=O)[O-])=NO1. The molecule has 16 heavy (non-hydrogen) atoms. The van der Waals surface area contributed by atoms with E-state index in [4.69, 9.17) is 10.1 Å². The second-order valence-corrected chi connectivity index (χ2v) is 3.24. The van der Waals surface area contributed by atoms with E-state index in [-0.39, 0.29) is 12.1 Å². The molecule has 0 bridgehead atoms.